The van der Waals surface area contributed by atoms with Gasteiger partial charge in [-0.2, -0.15) is 4.98 Å². The van der Waals surface area contributed by atoms with Gasteiger partial charge in [-0.3, -0.25) is 0 Å². The minimum absolute atomic E-state index is 0.236. The van der Waals surface area contributed by atoms with Crippen LogP contribution in [0.3, 0.4) is 0 Å². The molecule has 2 saturated heterocycles. The molecule has 2 aliphatic rings. The van der Waals surface area contributed by atoms with E-state index in [-0.39, 0.29) is 17.6 Å². The second kappa shape index (κ2) is 4.62. The van der Waals surface area contributed by atoms with Crippen LogP contribution in [0.15, 0.2) is 4.52 Å². The summed E-state index contributed by atoms with van der Waals surface area (Å²) in [7, 11) is -3.10. The van der Waals surface area contributed by atoms with Gasteiger partial charge >= 0.3 is 0 Å². The van der Waals surface area contributed by atoms with Crippen molar-refractivity contribution in [3.8, 4) is 0 Å². The third-order valence-corrected chi connectivity index (χ3v) is 5.90. The molecule has 18 heavy (non-hydrogen) atoms. The highest BCUT2D eigenvalue weighted by Crippen LogP contribution is 2.33. The fourth-order valence-corrected chi connectivity index (χ4v) is 4.47. The quantitative estimate of drug-likeness (QED) is 0.856. The predicted octanol–water partition coefficient (Wildman–Crippen LogP) is 0.786. The van der Waals surface area contributed by atoms with Crippen LogP contribution in [0.1, 0.15) is 48.6 Å². The lowest BCUT2D eigenvalue weighted by Gasteiger charge is -2.18. The van der Waals surface area contributed by atoms with Crippen LogP contribution in [-0.4, -0.2) is 37.4 Å². The molecule has 0 amide bonds. The molecule has 2 aliphatic heterocycles. The Morgan fingerprint density at radius 1 is 1.28 bits per heavy atom. The van der Waals surface area contributed by atoms with Crippen molar-refractivity contribution < 1.29 is 12.9 Å². The molecule has 1 aromatic rings. The van der Waals surface area contributed by atoms with Gasteiger partial charge in [-0.15, -0.1) is 0 Å². The topological polar surface area (TPSA) is 85.1 Å². The molecular weight excluding hydrogens is 254 g/mol. The third kappa shape index (κ3) is 2.16. The highest BCUT2D eigenvalue weighted by atomic mass is 32.2. The van der Waals surface area contributed by atoms with Crippen molar-refractivity contribution in [3.05, 3.63) is 11.7 Å². The summed E-state index contributed by atoms with van der Waals surface area (Å²) >= 11 is 0. The van der Waals surface area contributed by atoms with E-state index in [1.807, 2.05) is 0 Å². The van der Waals surface area contributed by atoms with Crippen LogP contribution in [0.4, 0.5) is 0 Å². The summed E-state index contributed by atoms with van der Waals surface area (Å²) in [5.74, 6) is 1.43. The molecule has 6 nitrogen and oxygen atoms in total. The van der Waals surface area contributed by atoms with Crippen molar-refractivity contribution in [2.45, 2.75) is 36.9 Å². The first-order valence-electron chi connectivity index (χ1n) is 6.42. The SMILES string of the molecule is O=S1(=O)CCCCC1c1nc(C2CCNC2)no1. The van der Waals surface area contributed by atoms with Crippen LogP contribution in [-0.2, 0) is 9.84 Å². The standard InChI is InChI=1S/C11H17N3O3S/c15-18(16)6-2-1-3-9(18)11-13-10(14-17-11)8-4-5-12-7-8/h8-9,12H,1-7H2. The predicted molar refractivity (Wildman–Crippen MR) is 64.9 cm³/mol. The first kappa shape index (κ1) is 12.1. The van der Waals surface area contributed by atoms with E-state index in [0.717, 1.165) is 32.4 Å². The molecule has 0 aliphatic carbocycles. The lowest BCUT2D eigenvalue weighted by atomic mass is 10.1. The summed E-state index contributed by atoms with van der Waals surface area (Å²) < 4.78 is 29.1. The van der Waals surface area contributed by atoms with Gasteiger partial charge in [0, 0.05) is 12.5 Å². The number of hydrogen-bond donors (Lipinski definition) is 1. The van der Waals surface area contributed by atoms with E-state index in [4.69, 9.17) is 4.52 Å². The van der Waals surface area contributed by atoms with Gasteiger partial charge in [0.15, 0.2) is 15.7 Å². The summed E-state index contributed by atoms with van der Waals surface area (Å²) in [6.07, 6.45) is 3.24. The van der Waals surface area contributed by atoms with Crippen LogP contribution in [0.25, 0.3) is 0 Å². The Bertz CT molecular complexity index is 519. The van der Waals surface area contributed by atoms with E-state index in [1.54, 1.807) is 0 Å². The molecule has 0 saturated carbocycles. The number of hydrogen-bond acceptors (Lipinski definition) is 6. The van der Waals surface area contributed by atoms with Crippen molar-refractivity contribution >= 4 is 9.84 Å². The van der Waals surface area contributed by atoms with Crippen LogP contribution < -0.4 is 5.32 Å². The van der Waals surface area contributed by atoms with Crippen LogP contribution in [0.2, 0.25) is 0 Å². The lowest BCUT2D eigenvalue weighted by Crippen LogP contribution is -2.22. The second-order valence-electron chi connectivity index (χ2n) is 5.03. The van der Waals surface area contributed by atoms with Crippen LogP contribution in [0, 0.1) is 0 Å². The molecule has 0 aromatic carbocycles. The van der Waals surface area contributed by atoms with Gasteiger partial charge in [0.1, 0.15) is 5.25 Å². The largest absolute Gasteiger partial charge is 0.338 e. The molecule has 1 aromatic heterocycles. The summed E-state index contributed by atoms with van der Waals surface area (Å²) in [5.41, 5.74) is 0. The Kier molecular flexibility index (Phi) is 3.11. The summed E-state index contributed by atoms with van der Waals surface area (Å²) in [4.78, 5) is 4.31. The normalized spacial score (nSPS) is 31.6. The highest BCUT2D eigenvalue weighted by Gasteiger charge is 2.35. The summed E-state index contributed by atoms with van der Waals surface area (Å²) in [6, 6.07) is 0. The van der Waals surface area contributed by atoms with Crippen molar-refractivity contribution in [3.63, 3.8) is 0 Å². The monoisotopic (exact) mass is 271 g/mol. The zero-order valence-electron chi connectivity index (χ0n) is 10.1. The minimum atomic E-state index is -3.10. The maximum Gasteiger partial charge on any atom is 0.244 e. The molecule has 0 radical (unpaired) electrons. The number of rotatable bonds is 2. The molecule has 2 atom stereocenters. The third-order valence-electron chi connectivity index (χ3n) is 3.74. The number of nitrogens with one attached hydrogen (secondary N) is 1. The molecular formula is C11H17N3O3S. The van der Waals surface area contributed by atoms with E-state index in [9.17, 15) is 8.42 Å². The summed E-state index contributed by atoms with van der Waals surface area (Å²) in [6.45, 7) is 1.80. The maximum absolute atomic E-state index is 12.0. The average molecular weight is 271 g/mol. The molecule has 3 heterocycles. The van der Waals surface area contributed by atoms with Crippen LogP contribution >= 0.6 is 0 Å². The molecule has 0 bridgehead atoms. The molecule has 2 unspecified atom stereocenters. The van der Waals surface area contributed by atoms with Gasteiger partial charge in [-0.05, 0) is 25.8 Å². The van der Waals surface area contributed by atoms with E-state index in [2.05, 4.69) is 15.5 Å². The zero-order valence-corrected chi connectivity index (χ0v) is 10.9. The Balaban J connectivity index is 1.83. The number of aromatic nitrogens is 2. The van der Waals surface area contributed by atoms with E-state index >= 15 is 0 Å². The number of sulfone groups is 1. The van der Waals surface area contributed by atoms with Gasteiger partial charge in [0.2, 0.25) is 5.89 Å². The summed E-state index contributed by atoms with van der Waals surface area (Å²) in [5, 5.41) is 6.60. The first-order valence-corrected chi connectivity index (χ1v) is 8.14. The van der Waals surface area contributed by atoms with Gasteiger partial charge in [-0.1, -0.05) is 11.6 Å². The van der Waals surface area contributed by atoms with Gasteiger partial charge in [-0.25, -0.2) is 8.42 Å². The Morgan fingerprint density at radius 2 is 2.17 bits per heavy atom. The van der Waals surface area contributed by atoms with Crippen molar-refractivity contribution in [1.82, 2.24) is 15.5 Å². The van der Waals surface area contributed by atoms with Crippen LogP contribution in [0.5, 0.6) is 0 Å². The number of nitrogens with zero attached hydrogens (tertiary/aromatic N) is 2. The molecule has 100 valence electrons. The Labute approximate surface area is 106 Å². The second-order valence-corrected chi connectivity index (χ2v) is 7.33. The Hall–Kier alpha value is -0.950. The molecule has 0 spiro atoms. The average Bonchev–Trinajstić information content (AvgIpc) is 2.99. The lowest BCUT2D eigenvalue weighted by molar-refractivity contribution is 0.357. The van der Waals surface area contributed by atoms with Crippen molar-refractivity contribution in [1.29, 1.82) is 0 Å². The van der Waals surface area contributed by atoms with Crippen molar-refractivity contribution in [2.75, 3.05) is 18.8 Å². The first-order chi connectivity index (χ1) is 8.67. The molecule has 7 heteroatoms. The fourth-order valence-electron chi connectivity index (χ4n) is 2.65. The smallest absolute Gasteiger partial charge is 0.244 e. The van der Waals surface area contributed by atoms with Gasteiger partial charge in [0.25, 0.3) is 0 Å². The van der Waals surface area contributed by atoms with Crippen molar-refractivity contribution in [2.24, 2.45) is 0 Å². The molecule has 2 fully saturated rings. The maximum atomic E-state index is 12.0. The highest BCUT2D eigenvalue weighted by molar-refractivity contribution is 7.91. The fraction of sp³-hybridized carbons (Fsp3) is 0.818. The Morgan fingerprint density at radius 3 is 2.89 bits per heavy atom. The molecule has 1 N–H and O–H groups in total. The van der Waals surface area contributed by atoms with E-state index < -0.39 is 15.1 Å². The molecule has 3 rings (SSSR count). The minimum Gasteiger partial charge on any atom is -0.338 e. The van der Waals surface area contributed by atoms with Gasteiger partial charge < -0.3 is 9.84 Å². The van der Waals surface area contributed by atoms with E-state index in [0.29, 0.717) is 12.2 Å². The zero-order chi connectivity index (χ0) is 12.6. The van der Waals surface area contributed by atoms with Gasteiger partial charge in [0.05, 0.1) is 5.75 Å². The van der Waals surface area contributed by atoms with E-state index in [1.165, 1.54) is 0 Å².